The van der Waals surface area contributed by atoms with E-state index in [0.717, 1.165) is 0 Å². The number of halogens is 3. The first-order valence-electron chi connectivity index (χ1n) is 14.5. The number of hydrogen-bond acceptors (Lipinski definition) is 11. The molecule has 3 aromatic heterocycles. The van der Waals surface area contributed by atoms with Crippen molar-refractivity contribution >= 4 is 36.6 Å². The number of amides is 1. The minimum Gasteiger partial charge on any atom is -0.495 e. The van der Waals surface area contributed by atoms with E-state index in [1.165, 1.54) is 20.2 Å². The monoisotopic (exact) mass is 674 g/mol. The summed E-state index contributed by atoms with van der Waals surface area (Å²) in [4.78, 5) is 25.3. The van der Waals surface area contributed by atoms with Crippen LogP contribution in [-0.2, 0) is 32.5 Å². The minimum absolute atomic E-state index is 0.0169. The van der Waals surface area contributed by atoms with Gasteiger partial charge in [0.25, 0.3) is 5.91 Å². The van der Waals surface area contributed by atoms with E-state index in [1.54, 1.807) is 48.3 Å². The molecule has 0 unspecified atom stereocenters. The Balaban J connectivity index is 1.65. The molecule has 8 bridgehead atoms. The number of carbonyl (C=O) groups is 1. The summed E-state index contributed by atoms with van der Waals surface area (Å²) in [6.07, 6.45) is -0.980. The summed E-state index contributed by atoms with van der Waals surface area (Å²) >= 11 is 0. The Morgan fingerprint density at radius 2 is 1.91 bits per heavy atom. The average molecular weight is 675 g/mol. The Morgan fingerprint density at radius 1 is 1.15 bits per heavy atom. The van der Waals surface area contributed by atoms with Crippen molar-refractivity contribution in [1.29, 1.82) is 0 Å². The van der Waals surface area contributed by atoms with Gasteiger partial charge in [-0.2, -0.15) is 23.3 Å². The van der Waals surface area contributed by atoms with Gasteiger partial charge in [0.1, 0.15) is 17.1 Å². The highest BCUT2D eigenvalue weighted by atomic mass is 31.2. The lowest BCUT2D eigenvalue weighted by Crippen LogP contribution is -2.25. The lowest BCUT2D eigenvalue weighted by molar-refractivity contribution is -0.137. The molecule has 7 heterocycles. The normalized spacial score (nSPS) is 18.0. The number of nitrogens with one attached hydrogen (secondary N) is 3. The maximum atomic E-state index is 14.1. The number of methoxy groups -OCH3 is 1. The van der Waals surface area contributed by atoms with Crippen LogP contribution in [0.2, 0.25) is 0 Å². The molecule has 17 heteroatoms. The van der Waals surface area contributed by atoms with Crippen LogP contribution in [0.5, 0.6) is 5.75 Å². The zero-order chi connectivity index (χ0) is 34.0. The summed E-state index contributed by atoms with van der Waals surface area (Å²) < 4.78 is 74.9. The number of benzene rings is 1. The van der Waals surface area contributed by atoms with Crippen LogP contribution in [0.4, 0.5) is 36.3 Å². The van der Waals surface area contributed by atoms with Gasteiger partial charge >= 0.3 is 13.8 Å². The van der Waals surface area contributed by atoms with E-state index in [4.69, 9.17) is 13.8 Å². The molecule has 250 valence electrons. The predicted octanol–water partition coefficient (Wildman–Crippen LogP) is 6.40. The number of anilines is 4. The Labute approximate surface area is 268 Å². The Morgan fingerprint density at radius 3 is 2.62 bits per heavy atom. The predicted molar refractivity (Wildman–Crippen MR) is 168 cm³/mol. The molecule has 4 aliphatic heterocycles. The standard InChI is InChI=1S/C30H34F3N8O5P/c1-6-45-47(43)15-18-7-8-22(24(11-18)44-5)39-28-35-13-20(30(31,32)33)26(40-28)38-23-10-9-21(37-25(23)27(42)34-4)19-12-36-41(14-19)16-29(2,3)17-46-47/h7-14H,6,15-17H2,1-5H3,(H,34,42)(H2,35,38,39,40)/t47-/m1/s1. The summed E-state index contributed by atoms with van der Waals surface area (Å²) in [5.74, 6) is -1.17. The van der Waals surface area contributed by atoms with Gasteiger partial charge in [-0.05, 0) is 36.8 Å². The summed E-state index contributed by atoms with van der Waals surface area (Å²) in [7, 11) is -0.836. The second kappa shape index (κ2) is 13.3. The quantitative estimate of drug-likeness (QED) is 0.206. The van der Waals surface area contributed by atoms with Crippen molar-refractivity contribution in [1.82, 2.24) is 30.0 Å². The number of pyridine rings is 1. The highest BCUT2D eigenvalue weighted by molar-refractivity contribution is 7.53. The molecule has 0 fully saturated rings. The number of ether oxygens (including phenoxy) is 1. The van der Waals surface area contributed by atoms with Gasteiger partial charge < -0.3 is 29.7 Å². The molecule has 0 radical (unpaired) electrons. The first-order valence-corrected chi connectivity index (χ1v) is 16.2. The van der Waals surface area contributed by atoms with Gasteiger partial charge in [0.15, 0.2) is 5.69 Å². The molecule has 0 spiro atoms. The summed E-state index contributed by atoms with van der Waals surface area (Å²) in [5.41, 5.74) is -0.0785. The molecule has 0 saturated carbocycles. The van der Waals surface area contributed by atoms with E-state index in [1.807, 2.05) is 13.8 Å². The van der Waals surface area contributed by atoms with Crippen molar-refractivity contribution < 1.29 is 36.3 Å². The zero-order valence-corrected chi connectivity index (χ0v) is 27.2. The van der Waals surface area contributed by atoms with Crippen molar-refractivity contribution in [3.05, 3.63) is 65.7 Å². The number of hydrogen-bond donors (Lipinski definition) is 3. The summed E-state index contributed by atoms with van der Waals surface area (Å²) in [6, 6.07) is 7.86. The summed E-state index contributed by atoms with van der Waals surface area (Å²) in [6.45, 7) is 6.19. The van der Waals surface area contributed by atoms with Crippen LogP contribution < -0.4 is 20.7 Å². The second-order valence-corrected chi connectivity index (χ2v) is 13.5. The maximum Gasteiger partial charge on any atom is 0.421 e. The number of alkyl halides is 3. The fourth-order valence-corrected chi connectivity index (χ4v) is 6.67. The fraction of sp³-hybridized carbons (Fsp3) is 0.367. The van der Waals surface area contributed by atoms with Crippen molar-refractivity contribution in [3.8, 4) is 17.0 Å². The molecule has 0 saturated heterocycles. The Hall–Kier alpha value is -4.53. The first kappa shape index (κ1) is 33.8. The largest absolute Gasteiger partial charge is 0.495 e. The van der Waals surface area contributed by atoms with E-state index in [9.17, 15) is 22.5 Å². The third-order valence-corrected chi connectivity index (χ3v) is 9.00. The third-order valence-electron chi connectivity index (χ3n) is 7.07. The van der Waals surface area contributed by atoms with Gasteiger partial charge in [0.05, 0.1) is 49.8 Å². The second-order valence-electron chi connectivity index (χ2n) is 11.5. The van der Waals surface area contributed by atoms with Crippen LogP contribution in [-0.4, -0.2) is 58.0 Å². The minimum atomic E-state index is -4.83. The van der Waals surface area contributed by atoms with Crippen LogP contribution >= 0.6 is 7.60 Å². The van der Waals surface area contributed by atoms with E-state index < -0.39 is 36.5 Å². The van der Waals surface area contributed by atoms with Crippen LogP contribution in [0.1, 0.15) is 42.4 Å². The molecule has 4 aromatic rings. The van der Waals surface area contributed by atoms with Crippen LogP contribution in [0.15, 0.2) is 48.9 Å². The zero-order valence-electron chi connectivity index (χ0n) is 26.3. The van der Waals surface area contributed by atoms with Crippen molar-refractivity contribution in [2.24, 2.45) is 5.41 Å². The first-order chi connectivity index (χ1) is 22.2. The van der Waals surface area contributed by atoms with Crippen LogP contribution in [0.25, 0.3) is 11.3 Å². The summed E-state index contributed by atoms with van der Waals surface area (Å²) in [5, 5.41) is 12.4. The number of aromatic nitrogens is 5. The topological polar surface area (TPSA) is 154 Å². The van der Waals surface area contributed by atoms with Gasteiger partial charge in [-0.25, -0.2) is 9.97 Å². The highest BCUT2D eigenvalue weighted by Crippen LogP contribution is 2.53. The fourth-order valence-electron chi connectivity index (χ4n) is 4.83. The maximum absolute atomic E-state index is 14.1. The smallest absolute Gasteiger partial charge is 0.421 e. The molecular formula is C30H34F3N8O5P. The molecule has 1 amide bonds. The van der Waals surface area contributed by atoms with E-state index >= 15 is 0 Å². The van der Waals surface area contributed by atoms with E-state index in [2.05, 4.69) is 36.0 Å². The van der Waals surface area contributed by atoms with Crippen molar-refractivity contribution in [2.45, 2.75) is 39.7 Å². The van der Waals surface area contributed by atoms with Crippen molar-refractivity contribution in [3.63, 3.8) is 0 Å². The Kier molecular flexibility index (Phi) is 9.57. The van der Waals surface area contributed by atoms with Crippen LogP contribution in [0, 0.1) is 5.41 Å². The molecule has 47 heavy (non-hydrogen) atoms. The van der Waals surface area contributed by atoms with Gasteiger partial charge in [-0.3, -0.25) is 14.0 Å². The lowest BCUT2D eigenvalue weighted by Gasteiger charge is -2.27. The van der Waals surface area contributed by atoms with Gasteiger partial charge in [0.2, 0.25) is 5.95 Å². The molecule has 8 rings (SSSR count). The van der Waals surface area contributed by atoms with Crippen molar-refractivity contribution in [2.75, 3.05) is 38.0 Å². The number of rotatable bonds is 4. The van der Waals surface area contributed by atoms with E-state index in [0.29, 0.717) is 35.2 Å². The molecule has 13 nitrogen and oxygen atoms in total. The Bertz CT molecular complexity index is 1830. The van der Waals surface area contributed by atoms with Crippen LogP contribution in [0.3, 0.4) is 0 Å². The average Bonchev–Trinajstić information content (AvgIpc) is 3.47. The number of carbonyl (C=O) groups excluding carboxylic acids is 1. The molecule has 1 atom stereocenters. The molecular weight excluding hydrogens is 640 g/mol. The SMILES string of the molecule is CCO[P@]1(=O)Cc2ccc(c(OC)c2)Nc2ncc(C(F)(F)F)c(n2)Nc2ccc(nc2C(=O)NC)-c2cnn(c2)CC(C)(C)CO1. The highest BCUT2D eigenvalue weighted by Gasteiger charge is 2.36. The molecule has 3 N–H and O–H groups in total. The van der Waals surface area contributed by atoms with Gasteiger partial charge in [0, 0.05) is 37.0 Å². The molecule has 1 aromatic carbocycles. The number of nitrogens with zero attached hydrogens (tertiary/aromatic N) is 5. The van der Waals surface area contributed by atoms with Gasteiger partial charge in [-0.15, -0.1) is 0 Å². The third kappa shape index (κ3) is 7.89. The van der Waals surface area contributed by atoms with Gasteiger partial charge in [-0.1, -0.05) is 19.9 Å². The van der Waals surface area contributed by atoms with E-state index in [-0.39, 0.29) is 42.5 Å². The lowest BCUT2D eigenvalue weighted by atomic mass is 9.95. The molecule has 0 aliphatic carbocycles. The molecule has 4 aliphatic rings.